The predicted molar refractivity (Wildman–Crippen MR) is 86.9 cm³/mol. The van der Waals surface area contributed by atoms with E-state index in [-0.39, 0.29) is 0 Å². The molecule has 102 valence electrons. The normalized spacial score (nSPS) is 10.4. The van der Waals surface area contributed by atoms with Crippen molar-refractivity contribution in [2.75, 3.05) is 0 Å². The van der Waals surface area contributed by atoms with E-state index < -0.39 is 0 Å². The highest BCUT2D eigenvalue weighted by atomic mass is 14.2. The van der Waals surface area contributed by atoms with E-state index in [0.29, 0.717) is 0 Å². The monoisotopic (exact) mass is 254 g/mol. The van der Waals surface area contributed by atoms with Crippen molar-refractivity contribution in [3.05, 3.63) is 58.7 Å². The van der Waals surface area contributed by atoms with Crippen LogP contribution in [0.25, 0.3) is 11.1 Å². The fraction of sp³-hybridized carbons (Fsp3) is 0.368. The molecule has 0 atom stereocenters. The van der Waals surface area contributed by atoms with Gasteiger partial charge in [0.2, 0.25) is 0 Å². The van der Waals surface area contributed by atoms with Crippen LogP contribution >= 0.6 is 0 Å². The van der Waals surface area contributed by atoms with Gasteiger partial charge in [0.15, 0.2) is 0 Å². The van der Waals surface area contributed by atoms with Crippen LogP contribution in [0.3, 0.4) is 0 Å². The topological polar surface area (TPSA) is 0 Å². The molecule has 1 aliphatic rings. The zero-order valence-corrected chi connectivity index (χ0v) is 13.2. The first kappa shape index (κ1) is 15.5. The molecule has 0 heteroatoms. The Bertz CT molecular complexity index is 536. The zero-order valence-electron chi connectivity index (χ0n) is 13.2. The van der Waals surface area contributed by atoms with Gasteiger partial charge in [-0.15, -0.1) is 0 Å². The Hall–Kier alpha value is -1.56. The Labute approximate surface area is 118 Å². The van der Waals surface area contributed by atoms with Crippen LogP contribution in [-0.4, -0.2) is 0 Å². The van der Waals surface area contributed by atoms with E-state index in [0.717, 1.165) is 6.42 Å². The summed E-state index contributed by atoms with van der Waals surface area (Å²) in [4.78, 5) is 0. The summed E-state index contributed by atoms with van der Waals surface area (Å²) in [6, 6.07) is 13.4. The molecule has 0 N–H and O–H groups in total. The highest BCUT2D eigenvalue weighted by Crippen LogP contribution is 2.37. The maximum atomic E-state index is 2.34. The van der Waals surface area contributed by atoms with Gasteiger partial charge in [0.25, 0.3) is 0 Å². The van der Waals surface area contributed by atoms with Gasteiger partial charge in [-0.1, -0.05) is 64.1 Å². The standard InChI is InChI=1S/C15H14.2C2H6/c1-10-7-13-9-12-5-3-4-6-14(12)15(13)8-11(10)2;2*1-2/h3-8H,9H2,1-2H3;2*1-2H3. The molecular weight excluding hydrogens is 228 g/mol. The highest BCUT2D eigenvalue weighted by Gasteiger charge is 2.17. The predicted octanol–water partition coefficient (Wildman–Crippen LogP) is 5.93. The maximum absolute atomic E-state index is 2.34. The van der Waals surface area contributed by atoms with Gasteiger partial charge >= 0.3 is 0 Å². The van der Waals surface area contributed by atoms with Gasteiger partial charge in [-0.25, -0.2) is 0 Å². The van der Waals surface area contributed by atoms with Crippen LogP contribution in [-0.2, 0) is 6.42 Å². The summed E-state index contributed by atoms with van der Waals surface area (Å²) in [5.74, 6) is 0. The molecule has 0 amide bonds. The largest absolute Gasteiger partial charge is 0.0683 e. The zero-order chi connectivity index (χ0) is 14.4. The molecule has 0 aliphatic heterocycles. The third-order valence-corrected chi connectivity index (χ3v) is 3.41. The Balaban J connectivity index is 0.000000415. The molecule has 3 rings (SSSR count). The summed E-state index contributed by atoms with van der Waals surface area (Å²) < 4.78 is 0. The van der Waals surface area contributed by atoms with E-state index in [9.17, 15) is 0 Å². The van der Waals surface area contributed by atoms with Crippen LogP contribution in [0.2, 0.25) is 0 Å². The van der Waals surface area contributed by atoms with Gasteiger partial charge in [-0.3, -0.25) is 0 Å². The van der Waals surface area contributed by atoms with Crippen molar-refractivity contribution in [2.45, 2.75) is 48.0 Å². The van der Waals surface area contributed by atoms with Crippen molar-refractivity contribution >= 4 is 0 Å². The summed E-state index contributed by atoms with van der Waals surface area (Å²) in [6.45, 7) is 12.4. The number of aryl methyl sites for hydroxylation is 2. The van der Waals surface area contributed by atoms with E-state index in [1.807, 2.05) is 27.7 Å². The maximum Gasteiger partial charge on any atom is -0.00134 e. The van der Waals surface area contributed by atoms with Crippen molar-refractivity contribution in [1.82, 2.24) is 0 Å². The summed E-state index contributed by atoms with van der Waals surface area (Å²) >= 11 is 0. The lowest BCUT2D eigenvalue weighted by molar-refractivity contribution is 1.23. The van der Waals surface area contributed by atoms with Crippen LogP contribution in [0.5, 0.6) is 0 Å². The fourth-order valence-corrected chi connectivity index (χ4v) is 2.42. The van der Waals surface area contributed by atoms with Gasteiger partial charge in [0.05, 0.1) is 0 Å². The molecule has 0 saturated carbocycles. The molecule has 2 aromatic rings. The lowest BCUT2D eigenvalue weighted by atomic mass is 10.00. The average Bonchev–Trinajstić information content (AvgIpc) is 2.82. The first-order chi connectivity index (χ1) is 9.25. The first-order valence-electron chi connectivity index (χ1n) is 7.44. The number of rotatable bonds is 0. The minimum Gasteiger partial charge on any atom is -0.0683 e. The van der Waals surface area contributed by atoms with Gasteiger partial charge in [-0.05, 0) is 53.6 Å². The summed E-state index contributed by atoms with van der Waals surface area (Å²) in [5.41, 5.74) is 8.62. The van der Waals surface area contributed by atoms with Gasteiger partial charge in [0, 0.05) is 0 Å². The molecule has 1 aliphatic carbocycles. The van der Waals surface area contributed by atoms with Crippen LogP contribution in [0, 0.1) is 13.8 Å². The van der Waals surface area contributed by atoms with E-state index in [1.54, 1.807) is 0 Å². The van der Waals surface area contributed by atoms with Crippen molar-refractivity contribution < 1.29 is 0 Å². The lowest BCUT2D eigenvalue weighted by Crippen LogP contribution is -1.86. The Morgan fingerprint density at radius 3 is 1.95 bits per heavy atom. The summed E-state index contributed by atoms with van der Waals surface area (Å²) in [5, 5.41) is 0. The SMILES string of the molecule is CC.CC.Cc1cc2c(cc1C)-c1ccccc1C2. The molecule has 19 heavy (non-hydrogen) atoms. The number of fused-ring (bicyclic) bond motifs is 3. The molecule has 0 saturated heterocycles. The van der Waals surface area contributed by atoms with E-state index in [2.05, 4.69) is 50.2 Å². The fourth-order valence-electron chi connectivity index (χ4n) is 2.42. The molecule has 0 fully saturated rings. The lowest BCUT2D eigenvalue weighted by Gasteiger charge is -2.05. The molecule has 0 nitrogen and oxygen atoms in total. The van der Waals surface area contributed by atoms with Gasteiger partial charge < -0.3 is 0 Å². The van der Waals surface area contributed by atoms with Crippen molar-refractivity contribution in [3.8, 4) is 11.1 Å². The Morgan fingerprint density at radius 2 is 1.26 bits per heavy atom. The molecular formula is C19H26. The quantitative estimate of drug-likeness (QED) is 0.466. The third kappa shape index (κ3) is 3.07. The molecule has 0 bridgehead atoms. The Kier molecular flexibility index (Phi) is 5.82. The van der Waals surface area contributed by atoms with Crippen molar-refractivity contribution in [1.29, 1.82) is 0 Å². The number of benzene rings is 2. The van der Waals surface area contributed by atoms with Gasteiger partial charge in [-0.2, -0.15) is 0 Å². The number of hydrogen-bond acceptors (Lipinski definition) is 0. The molecule has 0 radical (unpaired) electrons. The van der Waals surface area contributed by atoms with Crippen LogP contribution in [0.15, 0.2) is 36.4 Å². The van der Waals surface area contributed by atoms with E-state index in [1.165, 1.54) is 33.4 Å². The average molecular weight is 254 g/mol. The minimum absolute atomic E-state index is 1.10. The molecule has 0 unspecified atom stereocenters. The van der Waals surface area contributed by atoms with Crippen LogP contribution < -0.4 is 0 Å². The second-order valence-corrected chi connectivity index (χ2v) is 4.43. The Morgan fingerprint density at radius 1 is 0.684 bits per heavy atom. The minimum atomic E-state index is 1.10. The first-order valence-corrected chi connectivity index (χ1v) is 7.44. The molecule has 2 aromatic carbocycles. The van der Waals surface area contributed by atoms with Crippen LogP contribution in [0.4, 0.5) is 0 Å². The smallest absolute Gasteiger partial charge is 0.00134 e. The van der Waals surface area contributed by atoms with Gasteiger partial charge in [0.1, 0.15) is 0 Å². The second kappa shape index (κ2) is 7.13. The summed E-state index contributed by atoms with van der Waals surface area (Å²) in [6.07, 6.45) is 1.10. The second-order valence-electron chi connectivity index (χ2n) is 4.43. The highest BCUT2D eigenvalue weighted by molar-refractivity contribution is 5.77. The summed E-state index contributed by atoms with van der Waals surface area (Å²) in [7, 11) is 0. The van der Waals surface area contributed by atoms with E-state index >= 15 is 0 Å². The van der Waals surface area contributed by atoms with E-state index in [4.69, 9.17) is 0 Å². The van der Waals surface area contributed by atoms with Crippen molar-refractivity contribution in [2.24, 2.45) is 0 Å². The third-order valence-electron chi connectivity index (χ3n) is 3.41. The van der Waals surface area contributed by atoms with Crippen molar-refractivity contribution in [3.63, 3.8) is 0 Å². The molecule has 0 aromatic heterocycles. The molecule has 0 spiro atoms. The van der Waals surface area contributed by atoms with Crippen LogP contribution in [0.1, 0.15) is 49.9 Å². The number of hydrogen-bond donors (Lipinski definition) is 0. The molecule has 0 heterocycles.